The summed E-state index contributed by atoms with van der Waals surface area (Å²) in [7, 11) is 0. The van der Waals surface area contributed by atoms with Gasteiger partial charge in [-0.25, -0.2) is 9.78 Å². The molecule has 1 aliphatic carbocycles. The second-order valence-corrected chi connectivity index (χ2v) is 4.33. The molecule has 0 bridgehead atoms. The molecule has 1 aromatic heterocycles. The fourth-order valence-electron chi connectivity index (χ4n) is 2.32. The first-order valence-corrected chi connectivity index (χ1v) is 5.27. The first-order valence-electron chi connectivity index (χ1n) is 5.27. The Kier molecular flexibility index (Phi) is 2.40. The lowest BCUT2D eigenvalue weighted by Gasteiger charge is -2.35. The van der Waals surface area contributed by atoms with E-state index < -0.39 is 0 Å². The Hall–Kier alpha value is -1.12. The van der Waals surface area contributed by atoms with Gasteiger partial charge in [0, 0.05) is 17.9 Å². The molecule has 2 rings (SSSR count). The minimum Gasteiger partial charge on any atom is -0.293 e. The molecule has 0 radical (unpaired) electrons. The van der Waals surface area contributed by atoms with Crippen LogP contribution in [0.15, 0.2) is 23.3 Å². The van der Waals surface area contributed by atoms with E-state index in [4.69, 9.17) is 0 Å². The summed E-state index contributed by atoms with van der Waals surface area (Å²) in [5.74, 6) is 0. The monoisotopic (exact) mass is 192 g/mol. The summed E-state index contributed by atoms with van der Waals surface area (Å²) in [6, 6.07) is 1.83. The van der Waals surface area contributed by atoms with Crippen molar-refractivity contribution in [3.8, 4) is 0 Å². The molecule has 3 heteroatoms. The van der Waals surface area contributed by atoms with Gasteiger partial charge in [-0.2, -0.15) is 0 Å². The molecular formula is C11H16N2O. The lowest BCUT2D eigenvalue weighted by Crippen LogP contribution is -2.40. The van der Waals surface area contributed by atoms with Gasteiger partial charge in [0.25, 0.3) is 0 Å². The van der Waals surface area contributed by atoms with Crippen LogP contribution in [0, 0.1) is 0 Å². The zero-order valence-electron chi connectivity index (χ0n) is 8.57. The molecule has 3 nitrogen and oxygen atoms in total. The molecule has 0 aliphatic heterocycles. The standard InChI is InChI=1S/C11H16N2O/c1-11(6-3-2-4-7-11)13-9-5-8-12-10(13)14/h5,8-9H,2-4,6-7H2,1H3. The van der Waals surface area contributed by atoms with E-state index in [2.05, 4.69) is 11.9 Å². The maximum Gasteiger partial charge on any atom is 0.348 e. The molecule has 0 unspecified atom stereocenters. The molecule has 76 valence electrons. The maximum absolute atomic E-state index is 11.6. The zero-order valence-corrected chi connectivity index (χ0v) is 8.57. The highest BCUT2D eigenvalue weighted by Gasteiger charge is 2.29. The second-order valence-electron chi connectivity index (χ2n) is 4.33. The molecule has 0 aromatic carbocycles. The van der Waals surface area contributed by atoms with Crippen molar-refractivity contribution in [2.45, 2.75) is 44.6 Å². The Labute approximate surface area is 83.8 Å². The number of aromatic nitrogens is 2. The number of hydrogen-bond acceptors (Lipinski definition) is 2. The predicted octanol–water partition coefficient (Wildman–Crippen LogP) is 1.92. The number of hydrogen-bond donors (Lipinski definition) is 0. The SMILES string of the molecule is CC1(n2cccnc2=O)CCCCC1. The second kappa shape index (κ2) is 3.56. The molecule has 0 spiro atoms. The summed E-state index contributed by atoms with van der Waals surface area (Å²) in [4.78, 5) is 15.4. The molecule has 1 fully saturated rings. The van der Waals surface area contributed by atoms with Gasteiger partial charge in [-0.3, -0.25) is 4.57 Å². The molecule has 1 aromatic rings. The molecule has 1 aliphatic rings. The minimum absolute atomic E-state index is 0.00356. The van der Waals surface area contributed by atoms with Crippen molar-refractivity contribution in [1.29, 1.82) is 0 Å². The van der Waals surface area contributed by atoms with Crippen molar-refractivity contribution >= 4 is 0 Å². The third-order valence-electron chi connectivity index (χ3n) is 3.22. The zero-order chi connectivity index (χ0) is 10.0. The fraction of sp³-hybridized carbons (Fsp3) is 0.636. The minimum atomic E-state index is -0.114. The van der Waals surface area contributed by atoms with Crippen molar-refractivity contribution in [2.75, 3.05) is 0 Å². The van der Waals surface area contributed by atoms with Gasteiger partial charge in [-0.1, -0.05) is 19.3 Å². The van der Waals surface area contributed by atoms with Gasteiger partial charge in [-0.05, 0) is 25.8 Å². The van der Waals surface area contributed by atoms with Gasteiger partial charge in [0.2, 0.25) is 0 Å². The third kappa shape index (κ3) is 1.59. The van der Waals surface area contributed by atoms with Crippen molar-refractivity contribution < 1.29 is 0 Å². The van der Waals surface area contributed by atoms with E-state index in [9.17, 15) is 4.79 Å². The smallest absolute Gasteiger partial charge is 0.293 e. The highest BCUT2D eigenvalue weighted by Crippen LogP contribution is 2.32. The van der Waals surface area contributed by atoms with Crippen LogP contribution in [0.1, 0.15) is 39.0 Å². The van der Waals surface area contributed by atoms with Crippen LogP contribution >= 0.6 is 0 Å². The van der Waals surface area contributed by atoms with E-state index in [1.54, 1.807) is 10.8 Å². The normalized spacial score (nSPS) is 20.6. The molecule has 0 saturated heterocycles. The maximum atomic E-state index is 11.6. The summed E-state index contributed by atoms with van der Waals surface area (Å²) in [5.41, 5.74) is -0.110. The van der Waals surface area contributed by atoms with Gasteiger partial charge in [0.1, 0.15) is 0 Å². The molecule has 0 amide bonds. The average molecular weight is 192 g/mol. The molecule has 0 N–H and O–H groups in total. The Morgan fingerprint density at radius 2 is 2.07 bits per heavy atom. The van der Waals surface area contributed by atoms with Crippen molar-refractivity contribution in [3.05, 3.63) is 28.9 Å². The van der Waals surface area contributed by atoms with E-state index >= 15 is 0 Å². The van der Waals surface area contributed by atoms with E-state index in [-0.39, 0.29) is 11.2 Å². The Morgan fingerprint density at radius 3 is 2.71 bits per heavy atom. The molecular weight excluding hydrogens is 176 g/mol. The van der Waals surface area contributed by atoms with Crippen LogP contribution in [0.5, 0.6) is 0 Å². The molecule has 14 heavy (non-hydrogen) atoms. The largest absolute Gasteiger partial charge is 0.348 e. The summed E-state index contributed by atoms with van der Waals surface area (Å²) in [5, 5.41) is 0. The van der Waals surface area contributed by atoms with Crippen LogP contribution in [-0.4, -0.2) is 9.55 Å². The van der Waals surface area contributed by atoms with Crippen molar-refractivity contribution in [2.24, 2.45) is 0 Å². The van der Waals surface area contributed by atoms with Crippen molar-refractivity contribution in [1.82, 2.24) is 9.55 Å². The highest BCUT2D eigenvalue weighted by atomic mass is 16.1. The molecule has 0 atom stereocenters. The Balaban J connectivity index is 2.37. The Bertz CT molecular complexity index is 364. The van der Waals surface area contributed by atoms with E-state index in [1.807, 2.05) is 12.3 Å². The first kappa shape index (κ1) is 9.44. The van der Waals surface area contributed by atoms with Crippen LogP contribution in [0.25, 0.3) is 0 Å². The first-order chi connectivity index (χ1) is 6.72. The summed E-state index contributed by atoms with van der Waals surface area (Å²) in [6.45, 7) is 2.16. The quantitative estimate of drug-likeness (QED) is 0.681. The van der Waals surface area contributed by atoms with Crippen molar-refractivity contribution in [3.63, 3.8) is 0 Å². The van der Waals surface area contributed by atoms with E-state index in [0.717, 1.165) is 12.8 Å². The summed E-state index contributed by atoms with van der Waals surface area (Å²) in [6.07, 6.45) is 9.35. The van der Waals surface area contributed by atoms with Crippen LogP contribution in [-0.2, 0) is 5.54 Å². The van der Waals surface area contributed by atoms with Gasteiger partial charge in [0.15, 0.2) is 0 Å². The average Bonchev–Trinajstić information content (AvgIpc) is 2.19. The highest BCUT2D eigenvalue weighted by molar-refractivity contribution is 4.92. The molecule has 1 saturated carbocycles. The predicted molar refractivity (Wildman–Crippen MR) is 55.2 cm³/mol. The van der Waals surface area contributed by atoms with Gasteiger partial charge < -0.3 is 0 Å². The Morgan fingerprint density at radius 1 is 1.36 bits per heavy atom. The lowest BCUT2D eigenvalue weighted by atomic mass is 9.83. The van der Waals surface area contributed by atoms with Crippen LogP contribution < -0.4 is 5.69 Å². The molecule has 1 heterocycles. The van der Waals surface area contributed by atoms with E-state index in [0.29, 0.717) is 0 Å². The fourth-order valence-corrected chi connectivity index (χ4v) is 2.32. The summed E-state index contributed by atoms with van der Waals surface area (Å²) < 4.78 is 1.80. The topological polar surface area (TPSA) is 34.9 Å². The third-order valence-corrected chi connectivity index (χ3v) is 3.22. The lowest BCUT2D eigenvalue weighted by molar-refractivity contribution is 0.210. The number of rotatable bonds is 1. The summed E-state index contributed by atoms with van der Waals surface area (Å²) >= 11 is 0. The van der Waals surface area contributed by atoms with Crippen LogP contribution in [0.3, 0.4) is 0 Å². The number of nitrogens with zero attached hydrogens (tertiary/aromatic N) is 2. The van der Waals surface area contributed by atoms with Crippen LogP contribution in [0.4, 0.5) is 0 Å². The van der Waals surface area contributed by atoms with E-state index in [1.165, 1.54) is 19.3 Å². The van der Waals surface area contributed by atoms with Crippen LogP contribution in [0.2, 0.25) is 0 Å². The van der Waals surface area contributed by atoms with Gasteiger partial charge in [-0.15, -0.1) is 0 Å². The van der Waals surface area contributed by atoms with Gasteiger partial charge in [0.05, 0.1) is 0 Å². The van der Waals surface area contributed by atoms with Gasteiger partial charge >= 0.3 is 5.69 Å².